The van der Waals surface area contributed by atoms with Crippen LogP contribution in [0.25, 0.3) is 0 Å². The van der Waals surface area contributed by atoms with Crippen molar-refractivity contribution in [3.63, 3.8) is 0 Å². The van der Waals surface area contributed by atoms with Gasteiger partial charge < -0.3 is 10.1 Å². The van der Waals surface area contributed by atoms with Gasteiger partial charge in [0.1, 0.15) is 5.75 Å². The second-order valence-corrected chi connectivity index (χ2v) is 4.65. The highest BCUT2D eigenvalue weighted by atomic mass is 35.5. The highest BCUT2D eigenvalue weighted by Gasteiger charge is 2.16. The van der Waals surface area contributed by atoms with E-state index >= 15 is 0 Å². The Labute approximate surface area is 102 Å². The number of nitrogens with one attached hydrogen (secondary N) is 1. The molecule has 0 radical (unpaired) electrons. The van der Waals surface area contributed by atoms with Crippen LogP contribution in [0.1, 0.15) is 24.0 Å². The molecule has 0 saturated carbocycles. The van der Waals surface area contributed by atoms with E-state index in [9.17, 15) is 0 Å². The molecule has 88 valence electrons. The summed E-state index contributed by atoms with van der Waals surface area (Å²) < 4.78 is 5.67. The standard InChI is InChI=1S/C13H18ClNO/c1-15-6-3-2-4-10-8-12(14)9-11-5-7-16-13(10)11/h8-9,15H,2-7H2,1H3. The Morgan fingerprint density at radius 2 is 2.25 bits per heavy atom. The molecule has 2 nitrogen and oxygen atoms in total. The van der Waals surface area contributed by atoms with Crippen LogP contribution in [-0.4, -0.2) is 20.2 Å². The lowest BCUT2D eigenvalue weighted by atomic mass is 10.0. The fourth-order valence-corrected chi connectivity index (χ4v) is 2.41. The van der Waals surface area contributed by atoms with Crippen LogP contribution in [0, 0.1) is 0 Å². The van der Waals surface area contributed by atoms with E-state index < -0.39 is 0 Å². The topological polar surface area (TPSA) is 21.3 Å². The van der Waals surface area contributed by atoms with Crippen molar-refractivity contribution in [3.05, 3.63) is 28.3 Å². The van der Waals surface area contributed by atoms with E-state index in [1.165, 1.54) is 24.0 Å². The van der Waals surface area contributed by atoms with Gasteiger partial charge in [-0.3, -0.25) is 0 Å². The maximum absolute atomic E-state index is 6.10. The van der Waals surface area contributed by atoms with Gasteiger partial charge >= 0.3 is 0 Å². The second kappa shape index (κ2) is 5.55. The lowest BCUT2D eigenvalue weighted by molar-refractivity contribution is 0.353. The molecule has 1 aromatic carbocycles. The predicted octanol–water partition coefficient (Wildman–Crippen LogP) is 2.82. The third-order valence-corrected chi connectivity index (χ3v) is 3.17. The summed E-state index contributed by atoms with van der Waals surface area (Å²) in [4.78, 5) is 0. The molecule has 3 heteroatoms. The van der Waals surface area contributed by atoms with Crippen LogP contribution in [-0.2, 0) is 12.8 Å². The van der Waals surface area contributed by atoms with Gasteiger partial charge in [0.15, 0.2) is 0 Å². The Bertz CT molecular complexity index is 365. The Kier molecular flexibility index (Phi) is 4.08. The van der Waals surface area contributed by atoms with Crippen LogP contribution in [0.2, 0.25) is 5.02 Å². The molecule has 1 aromatic rings. The van der Waals surface area contributed by atoms with E-state index in [4.69, 9.17) is 16.3 Å². The van der Waals surface area contributed by atoms with Crippen molar-refractivity contribution in [2.24, 2.45) is 0 Å². The normalized spacial score (nSPS) is 13.6. The summed E-state index contributed by atoms with van der Waals surface area (Å²) in [6.45, 7) is 1.88. The van der Waals surface area contributed by atoms with Gasteiger partial charge in [0, 0.05) is 11.4 Å². The largest absolute Gasteiger partial charge is 0.493 e. The van der Waals surface area contributed by atoms with Crippen molar-refractivity contribution < 1.29 is 4.74 Å². The molecule has 0 saturated heterocycles. The zero-order chi connectivity index (χ0) is 11.4. The van der Waals surface area contributed by atoms with E-state index in [2.05, 4.69) is 5.32 Å². The van der Waals surface area contributed by atoms with Crippen molar-refractivity contribution in [2.45, 2.75) is 25.7 Å². The third kappa shape index (κ3) is 2.69. The third-order valence-electron chi connectivity index (χ3n) is 2.95. The van der Waals surface area contributed by atoms with Crippen LogP contribution in [0.5, 0.6) is 5.75 Å². The Hall–Kier alpha value is -0.730. The monoisotopic (exact) mass is 239 g/mol. The first-order valence-corrected chi connectivity index (χ1v) is 6.28. The average Bonchev–Trinajstić information content (AvgIpc) is 2.72. The average molecular weight is 240 g/mol. The molecule has 0 aliphatic carbocycles. The van der Waals surface area contributed by atoms with E-state index in [1.54, 1.807) is 0 Å². The number of aryl methyl sites for hydroxylation is 1. The number of rotatable bonds is 5. The van der Waals surface area contributed by atoms with Gasteiger partial charge in [0.05, 0.1) is 6.61 Å². The summed E-state index contributed by atoms with van der Waals surface area (Å²) in [5, 5.41) is 4.00. The van der Waals surface area contributed by atoms with Gasteiger partial charge in [-0.2, -0.15) is 0 Å². The predicted molar refractivity (Wildman–Crippen MR) is 67.5 cm³/mol. The lowest BCUT2D eigenvalue weighted by Gasteiger charge is -2.08. The molecule has 2 rings (SSSR count). The van der Waals surface area contributed by atoms with Gasteiger partial charge in [-0.1, -0.05) is 11.6 Å². The molecule has 1 heterocycles. The minimum absolute atomic E-state index is 0.805. The molecule has 16 heavy (non-hydrogen) atoms. The highest BCUT2D eigenvalue weighted by Crippen LogP contribution is 2.33. The number of ether oxygens (including phenoxy) is 1. The number of hydrogen-bond donors (Lipinski definition) is 1. The van der Waals surface area contributed by atoms with Gasteiger partial charge in [-0.25, -0.2) is 0 Å². The second-order valence-electron chi connectivity index (χ2n) is 4.21. The first kappa shape index (κ1) is 11.7. The number of halogens is 1. The van der Waals surface area contributed by atoms with Crippen LogP contribution in [0.3, 0.4) is 0 Å². The van der Waals surface area contributed by atoms with Crippen molar-refractivity contribution in [1.82, 2.24) is 5.32 Å². The highest BCUT2D eigenvalue weighted by molar-refractivity contribution is 6.30. The minimum atomic E-state index is 0.805. The van der Waals surface area contributed by atoms with Crippen LogP contribution < -0.4 is 10.1 Å². The first-order valence-electron chi connectivity index (χ1n) is 5.90. The minimum Gasteiger partial charge on any atom is -0.493 e. The summed E-state index contributed by atoms with van der Waals surface area (Å²) in [7, 11) is 1.99. The van der Waals surface area contributed by atoms with Gasteiger partial charge in [0.25, 0.3) is 0 Å². The first-order chi connectivity index (χ1) is 7.81. The smallest absolute Gasteiger partial charge is 0.125 e. The zero-order valence-corrected chi connectivity index (χ0v) is 10.4. The van der Waals surface area contributed by atoms with E-state index in [1.807, 2.05) is 19.2 Å². The van der Waals surface area contributed by atoms with E-state index in [-0.39, 0.29) is 0 Å². The van der Waals surface area contributed by atoms with Crippen LogP contribution >= 0.6 is 11.6 Å². The van der Waals surface area contributed by atoms with Gasteiger partial charge in [0.2, 0.25) is 0 Å². The van der Waals surface area contributed by atoms with Crippen LogP contribution in [0.15, 0.2) is 12.1 Å². The van der Waals surface area contributed by atoms with E-state index in [0.29, 0.717) is 0 Å². The summed E-state index contributed by atoms with van der Waals surface area (Å²) in [6.07, 6.45) is 4.43. The molecule has 0 fully saturated rings. The number of fused-ring (bicyclic) bond motifs is 1. The molecule has 0 spiro atoms. The fourth-order valence-electron chi connectivity index (χ4n) is 2.15. The van der Waals surface area contributed by atoms with Crippen LogP contribution in [0.4, 0.5) is 0 Å². The quantitative estimate of drug-likeness (QED) is 0.798. The Balaban J connectivity index is 2.03. The molecular formula is C13H18ClNO. The summed E-state index contributed by atoms with van der Waals surface area (Å²) in [6, 6.07) is 4.08. The maximum atomic E-state index is 6.10. The van der Waals surface area contributed by atoms with E-state index in [0.717, 1.165) is 36.8 Å². The lowest BCUT2D eigenvalue weighted by Crippen LogP contribution is -2.07. The molecule has 0 atom stereocenters. The molecule has 0 unspecified atom stereocenters. The Morgan fingerprint density at radius 3 is 3.06 bits per heavy atom. The number of benzene rings is 1. The Morgan fingerprint density at radius 1 is 1.38 bits per heavy atom. The van der Waals surface area contributed by atoms with Crippen molar-refractivity contribution in [1.29, 1.82) is 0 Å². The summed E-state index contributed by atoms with van der Waals surface area (Å²) in [5.74, 6) is 1.09. The van der Waals surface area contributed by atoms with Crippen molar-refractivity contribution in [2.75, 3.05) is 20.2 Å². The van der Waals surface area contributed by atoms with Crippen molar-refractivity contribution >= 4 is 11.6 Å². The molecule has 1 aliphatic rings. The summed E-state index contributed by atoms with van der Waals surface area (Å²) >= 11 is 6.10. The van der Waals surface area contributed by atoms with Crippen molar-refractivity contribution in [3.8, 4) is 5.75 Å². The zero-order valence-electron chi connectivity index (χ0n) is 9.68. The summed E-state index contributed by atoms with van der Waals surface area (Å²) in [5.41, 5.74) is 2.55. The molecule has 0 amide bonds. The van der Waals surface area contributed by atoms with Gasteiger partial charge in [-0.05, 0) is 56.1 Å². The fraction of sp³-hybridized carbons (Fsp3) is 0.538. The molecule has 1 N–H and O–H groups in total. The van der Waals surface area contributed by atoms with Gasteiger partial charge in [-0.15, -0.1) is 0 Å². The number of hydrogen-bond acceptors (Lipinski definition) is 2. The number of unbranched alkanes of at least 4 members (excludes halogenated alkanes) is 1. The SMILES string of the molecule is CNCCCCc1cc(Cl)cc2c1OCC2. The maximum Gasteiger partial charge on any atom is 0.125 e. The molecule has 1 aliphatic heterocycles. The molecule has 0 aromatic heterocycles. The molecule has 0 bridgehead atoms. The molecular weight excluding hydrogens is 222 g/mol.